The number of thiophene rings is 1. The molecule has 202 valence electrons. The number of aromatic nitrogens is 1. The molecule has 4 atom stereocenters. The quantitative estimate of drug-likeness (QED) is 0.195. The highest BCUT2D eigenvalue weighted by atomic mass is 35.5. The monoisotopic (exact) mass is 601 g/mol. The van der Waals surface area contributed by atoms with Crippen LogP contribution in [0.1, 0.15) is 42.6 Å². The zero-order valence-electron chi connectivity index (χ0n) is 20.9. The number of hydrogen-bond donors (Lipinski definition) is 3. The minimum Gasteiger partial charge on any atom is -0.377 e. The van der Waals surface area contributed by atoms with Crippen molar-refractivity contribution in [3.8, 4) is 0 Å². The molecule has 1 fully saturated rings. The number of aliphatic hydroxyl groups is 1. The summed E-state index contributed by atoms with van der Waals surface area (Å²) >= 11 is 15.1. The van der Waals surface area contributed by atoms with Gasteiger partial charge >= 0.3 is 0 Å². The molecule has 3 heterocycles. The normalized spacial score (nSPS) is 22.0. The Bertz CT molecular complexity index is 1470. The fraction of sp³-hybridized carbons (Fsp3) is 0.241. The summed E-state index contributed by atoms with van der Waals surface area (Å²) in [6, 6.07) is 19.3. The molecule has 0 bridgehead atoms. The first-order valence-corrected chi connectivity index (χ1v) is 15.0. The molecule has 1 aliphatic rings. The third-order valence-electron chi connectivity index (χ3n) is 6.81. The summed E-state index contributed by atoms with van der Waals surface area (Å²) in [6.07, 6.45) is -0.333. The van der Waals surface area contributed by atoms with Crippen molar-refractivity contribution in [2.24, 2.45) is 0 Å². The number of piperidine rings is 1. The molecule has 4 aromatic rings. The largest absolute Gasteiger partial charge is 0.377 e. The number of anilines is 1. The molecule has 5 rings (SSSR count). The first kappa shape index (κ1) is 28.1. The van der Waals surface area contributed by atoms with Gasteiger partial charge in [-0.2, -0.15) is 11.3 Å². The summed E-state index contributed by atoms with van der Waals surface area (Å²) in [7, 11) is 0. The van der Waals surface area contributed by atoms with Gasteiger partial charge in [-0.25, -0.2) is 9.37 Å². The topological polar surface area (TPSA) is 74.2 Å². The van der Waals surface area contributed by atoms with E-state index in [4.69, 9.17) is 28.2 Å². The first-order valence-electron chi connectivity index (χ1n) is 12.4. The SMILES string of the molecule is CCC(Nc1cccc(C2(c3ccsc3)CC(=O)C(Sc3ccccc3Cl)C(O)N2)n1)c1ccc(F)c(Cl)c1. The number of hydrogen-bond acceptors (Lipinski definition) is 7. The Morgan fingerprint density at radius 3 is 2.69 bits per heavy atom. The van der Waals surface area contributed by atoms with Gasteiger partial charge in [0.25, 0.3) is 0 Å². The van der Waals surface area contributed by atoms with E-state index in [0.29, 0.717) is 23.0 Å². The number of rotatable bonds is 8. The number of pyridine rings is 1. The number of benzene rings is 2. The Kier molecular flexibility index (Phi) is 8.61. The lowest BCUT2D eigenvalue weighted by atomic mass is 9.79. The first-order chi connectivity index (χ1) is 18.8. The second-order valence-corrected chi connectivity index (χ2v) is 12.1. The van der Waals surface area contributed by atoms with Crippen LogP contribution in [0.15, 0.2) is 82.4 Å². The second kappa shape index (κ2) is 12.0. The van der Waals surface area contributed by atoms with Gasteiger partial charge in [0.1, 0.15) is 23.1 Å². The highest BCUT2D eigenvalue weighted by Crippen LogP contribution is 2.42. The molecular formula is C29H26Cl2FN3O2S2. The average molecular weight is 603 g/mol. The minimum atomic E-state index is -1.14. The smallest absolute Gasteiger partial charge is 0.152 e. The van der Waals surface area contributed by atoms with Crippen LogP contribution in [0.3, 0.4) is 0 Å². The van der Waals surface area contributed by atoms with Crippen LogP contribution in [0.2, 0.25) is 10.0 Å². The molecule has 0 amide bonds. The van der Waals surface area contributed by atoms with Crippen LogP contribution in [0.5, 0.6) is 0 Å². The van der Waals surface area contributed by atoms with Crippen LogP contribution < -0.4 is 10.6 Å². The Balaban J connectivity index is 1.46. The maximum atomic E-state index is 13.7. The zero-order chi connectivity index (χ0) is 27.6. The van der Waals surface area contributed by atoms with Crippen molar-refractivity contribution in [3.63, 3.8) is 0 Å². The Morgan fingerprint density at radius 1 is 1.18 bits per heavy atom. The predicted molar refractivity (Wildman–Crippen MR) is 157 cm³/mol. The predicted octanol–water partition coefficient (Wildman–Crippen LogP) is 7.44. The summed E-state index contributed by atoms with van der Waals surface area (Å²) in [5, 5.41) is 21.8. The van der Waals surface area contributed by atoms with Crippen molar-refractivity contribution in [2.45, 2.75) is 47.7 Å². The number of halogens is 3. The minimum absolute atomic E-state index is 0.0639. The van der Waals surface area contributed by atoms with Gasteiger partial charge in [-0.15, -0.1) is 11.8 Å². The van der Waals surface area contributed by atoms with E-state index in [1.54, 1.807) is 18.2 Å². The maximum Gasteiger partial charge on any atom is 0.152 e. The molecule has 2 aromatic carbocycles. The number of carbonyl (C=O) groups excluding carboxylic acids is 1. The van der Waals surface area contributed by atoms with Crippen LogP contribution in [-0.4, -0.2) is 27.4 Å². The standard InChI is InChI=1S/C29H26Cl2FN3O2S2/c1-2-22(17-10-11-21(32)20(31)14-17)33-26-9-5-8-25(34-26)29(18-12-13-38-16-18)15-23(36)27(28(37)35-29)39-24-7-4-3-6-19(24)30/h3-14,16,22,27-28,35,37H,2,15H2,1H3,(H,33,34). The van der Waals surface area contributed by atoms with Crippen LogP contribution in [0.4, 0.5) is 10.2 Å². The van der Waals surface area contributed by atoms with Crippen molar-refractivity contribution >= 4 is 57.9 Å². The van der Waals surface area contributed by atoms with E-state index in [1.165, 1.54) is 29.2 Å². The fourth-order valence-electron chi connectivity index (χ4n) is 4.81. The van der Waals surface area contributed by atoms with E-state index in [9.17, 15) is 14.3 Å². The van der Waals surface area contributed by atoms with Crippen molar-refractivity contribution in [3.05, 3.63) is 110 Å². The van der Waals surface area contributed by atoms with E-state index in [2.05, 4.69) is 10.6 Å². The van der Waals surface area contributed by atoms with Crippen molar-refractivity contribution in [1.82, 2.24) is 10.3 Å². The molecule has 4 unspecified atom stereocenters. The van der Waals surface area contributed by atoms with Gasteiger partial charge < -0.3 is 10.4 Å². The van der Waals surface area contributed by atoms with E-state index in [1.807, 2.05) is 60.1 Å². The van der Waals surface area contributed by atoms with E-state index in [0.717, 1.165) is 16.0 Å². The van der Waals surface area contributed by atoms with Crippen molar-refractivity contribution in [2.75, 3.05) is 5.32 Å². The van der Waals surface area contributed by atoms with Crippen LogP contribution in [0.25, 0.3) is 0 Å². The molecule has 2 aromatic heterocycles. The lowest BCUT2D eigenvalue weighted by Crippen LogP contribution is -2.60. The highest BCUT2D eigenvalue weighted by molar-refractivity contribution is 8.00. The Morgan fingerprint density at radius 2 is 2.00 bits per heavy atom. The van der Waals surface area contributed by atoms with Crippen LogP contribution in [0, 0.1) is 5.82 Å². The molecule has 0 saturated carbocycles. The van der Waals surface area contributed by atoms with Crippen molar-refractivity contribution in [1.29, 1.82) is 0 Å². The summed E-state index contributed by atoms with van der Waals surface area (Å²) in [4.78, 5) is 19.2. The average Bonchev–Trinajstić information content (AvgIpc) is 3.48. The Labute approximate surface area is 244 Å². The molecule has 0 aliphatic carbocycles. The molecule has 5 nitrogen and oxygen atoms in total. The fourth-order valence-corrected chi connectivity index (χ4v) is 7.02. The number of Topliss-reactive ketones (excluding diaryl/α,β-unsaturated/α-hetero) is 1. The summed E-state index contributed by atoms with van der Waals surface area (Å²) in [6.45, 7) is 2.01. The van der Waals surface area contributed by atoms with E-state index >= 15 is 0 Å². The highest BCUT2D eigenvalue weighted by Gasteiger charge is 2.48. The van der Waals surface area contributed by atoms with Gasteiger partial charge in [-0.3, -0.25) is 10.1 Å². The van der Waals surface area contributed by atoms with Gasteiger partial charge in [-0.1, -0.05) is 54.4 Å². The number of thioether (sulfide) groups is 1. The summed E-state index contributed by atoms with van der Waals surface area (Å²) in [5.41, 5.74) is 1.27. The second-order valence-electron chi connectivity index (χ2n) is 9.31. The summed E-state index contributed by atoms with van der Waals surface area (Å²) in [5.74, 6) is 0.0151. The van der Waals surface area contributed by atoms with E-state index < -0.39 is 22.8 Å². The number of carbonyl (C=O) groups is 1. The maximum absolute atomic E-state index is 13.7. The van der Waals surface area contributed by atoms with Gasteiger partial charge in [0.05, 0.1) is 27.3 Å². The molecule has 1 saturated heterocycles. The van der Waals surface area contributed by atoms with Gasteiger partial charge in [-0.05, 0) is 70.8 Å². The van der Waals surface area contributed by atoms with Crippen LogP contribution in [-0.2, 0) is 10.3 Å². The molecule has 0 radical (unpaired) electrons. The van der Waals surface area contributed by atoms with Crippen molar-refractivity contribution < 1.29 is 14.3 Å². The third-order valence-corrected chi connectivity index (χ3v) is 9.60. The number of ketones is 1. The molecule has 0 spiro atoms. The lowest BCUT2D eigenvalue weighted by molar-refractivity contribution is -0.125. The Hall–Kier alpha value is -2.46. The third kappa shape index (κ3) is 5.87. The zero-order valence-corrected chi connectivity index (χ0v) is 24.0. The van der Waals surface area contributed by atoms with Gasteiger partial charge in [0.15, 0.2) is 5.78 Å². The molecule has 1 aliphatic heterocycles. The molecule has 3 N–H and O–H groups in total. The van der Waals surface area contributed by atoms with Gasteiger partial charge in [0.2, 0.25) is 0 Å². The molecule has 10 heteroatoms. The lowest BCUT2D eigenvalue weighted by Gasteiger charge is -2.42. The van der Waals surface area contributed by atoms with Gasteiger partial charge in [0, 0.05) is 11.3 Å². The van der Waals surface area contributed by atoms with E-state index in [-0.39, 0.29) is 23.3 Å². The number of nitrogens with one attached hydrogen (secondary N) is 2. The molecule has 39 heavy (non-hydrogen) atoms. The number of nitrogens with zero attached hydrogens (tertiary/aromatic N) is 1. The van der Waals surface area contributed by atoms with Crippen LogP contribution >= 0.6 is 46.3 Å². The number of aliphatic hydroxyl groups excluding tert-OH is 1. The molecular weight excluding hydrogens is 576 g/mol. The summed E-state index contributed by atoms with van der Waals surface area (Å²) < 4.78 is 13.7.